The third-order valence-corrected chi connectivity index (χ3v) is 4.16. The van der Waals surface area contributed by atoms with Crippen molar-refractivity contribution in [1.29, 1.82) is 0 Å². The van der Waals surface area contributed by atoms with Crippen LogP contribution in [-0.4, -0.2) is 24.9 Å². The number of aromatic hydroxyl groups is 1. The third-order valence-electron chi connectivity index (χ3n) is 4.16. The molecular formula is C19H13F4N5O. The number of phenolic OH excluding ortho intramolecular Hbond substituents is 1. The highest BCUT2D eigenvalue weighted by atomic mass is 19.4. The van der Waals surface area contributed by atoms with Crippen LogP contribution in [0.3, 0.4) is 0 Å². The van der Waals surface area contributed by atoms with Gasteiger partial charge in [0.15, 0.2) is 28.9 Å². The lowest BCUT2D eigenvalue weighted by Gasteiger charge is -2.10. The molecule has 29 heavy (non-hydrogen) atoms. The molecule has 6 nitrogen and oxygen atoms in total. The van der Waals surface area contributed by atoms with E-state index in [0.717, 1.165) is 12.1 Å². The van der Waals surface area contributed by atoms with Gasteiger partial charge in [-0.15, -0.1) is 15.3 Å². The number of alkyl halides is 3. The minimum absolute atomic E-state index is 0.193. The molecular weight excluding hydrogens is 390 g/mol. The second-order valence-electron chi connectivity index (χ2n) is 6.27. The number of fused-ring (bicyclic) bond motifs is 1. The maximum Gasteiger partial charge on any atom is 0.416 e. The fourth-order valence-corrected chi connectivity index (χ4v) is 2.77. The molecule has 148 valence electrons. The molecule has 0 saturated carbocycles. The average molecular weight is 403 g/mol. The smallest absolute Gasteiger partial charge is 0.416 e. The number of rotatable bonds is 4. The number of hydrogen-bond acceptors (Lipinski definition) is 5. The summed E-state index contributed by atoms with van der Waals surface area (Å²) in [6, 6.07) is 11.9. The Hall–Kier alpha value is -3.69. The second kappa shape index (κ2) is 7.04. The zero-order valence-corrected chi connectivity index (χ0v) is 14.7. The molecule has 0 aliphatic carbocycles. The van der Waals surface area contributed by atoms with Crippen molar-refractivity contribution in [1.82, 2.24) is 19.8 Å². The number of nitrogens with zero attached hydrogens (tertiary/aromatic N) is 4. The Labute approximate surface area is 161 Å². The summed E-state index contributed by atoms with van der Waals surface area (Å²) in [6.07, 6.45) is -4.26. The lowest BCUT2D eigenvalue weighted by molar-refractivity contribution is -0.137. The summed E-state index contributed by atoms with van der Waals surface area (Å²) in [4.78, 5) is 0. The van der Waals surface area contributed by atoms with Crippen LogP contribution in [-0.2, 0) is 12.6 Å². The highest BCUT2D eigenvalue weighted by molar-refractivity contribution is 5.58. The van der Waals surface area contributed by atoms with Gasteiger partial charge in [-0.2, -0.15) is 17.7 Å². The molecule has 10 heteroatoms. The van der Waals surface area contributed by atoms with Crippen LogP contribution in [0.4, 0.5) is 29.1 Å². The molecule has 4 aromatic rings. The predicted octanol–water partition coefficient (Wildman–Crippen LogP) is 4.32. The Morgan fingerprint density at radius 1 is 1.00 bits per heavy atom. The molecule has 0 spiro atoms. The summed E-state index contributed by atoms with van der Waals surface area (Å²) in [5.74, 6) is -0.519. The number of benzene rings is 2. The van der Waals surface area contributed by atoms with E-state index < -0.39 is 23.3 Å². The van der Waals surface area contributed by atoms with E-state index in [-0.39, 0.29) is 17.9 Å². The fourth-order valence-electron chi connectivity index (χ4n) is 2.77. The maximum atomic E-state index is 13.5. The molecule has 0 unspecified atom stereocenters. The fraction of sp³-hybridized carbons (Fsp3) is 0.105. The zero-order valence-electron chi connectivity index (χ0n) is 14.7. The highest BCUT2D eigenvalue weighted by Gasteiger charge is 2.30. The average Bonchev–Trinajstić information content (AvgIpc) is 3.06. The molecule has 2 aromatic carbocycles. The molecule has 0 bridgehead atoms. The van der Waals surface area contributed by atoms with Gasteiger partial charge in [-0.25, -0.2) is 4.39 Å². The first-order valence-electron chi connectivity index (χ1n) is 8.42. The number of halogens is 4. The van der Waals surface area contributed by atoms with Crippen molar-refractivity contribution < 1.29 is 22.7 Å². The van der Waals surface area contributed by atoms with Gasteiger partial charge in [0, 0.05) is 12.1 Å². The quantitative estimate of drug-likeness (QED) is 0.497. The van der Waals surface area contributed by atoms with Crippen LogP contribution >= 0.6 is 0 Å². The molecule has 0 atom stereocenters. The molecule has 4 rings (SSSR count). The maximum absolute atomic E-state index is 13.5. The molecule has 2 heterocycles. The first-order valence-corrected chi connectivity index (χ1v) is 8.42. The second-order valence-corrected chi connectivity index (χ2v) is 6.27. The van der Waals surface area contributed by atoms with Crippen molar-refractivity contribution in [2.45, 2.75) is 12.6 Å². The van der Waals surface area contributed by atoms with Gasteiger partial charge in [0.25, 0.3) is 0 Å². The molecule has 2 aromatic heterocycles. The monoisotopic (exact) mass is 403 g/mol. The van der Waals surface area contributed by atoms with E-state index in [2.05, 4.69) is 20.6 Å². The van der Waals surface area contributed by atoms with Crippen LogP contribution in [0.15, 0.2) is 54.6 Å². The van der Waals surface area contributed by atoms with Gasteiger partial charge in [-0.05, 0) is 48.0 Å². The van der Waals surface area contributed by atoms with Crippen molar-refractivity contribution in [3.8, 4) is 5.75 Å². The normalized spacial score (nSPS) is 11.7. The first kappa shape index (κ1) is 18.7. The topological polar surface area (TPSA) is 75.3 Å². The standard InChI is InChI=1S/C19H13F4N5O/c20-14-8-11(4-5-15(14)29)9-18-26-25-17-7-6-16(27-28(17)18)24-13-3-1-2-12(10-13)19(21,22)23/h1-8,10,29H,9H2,(H,24,27). The summed E-state index contributed by atoms with van der Waals surface area (Å²) in [5.41, 5.74) is 0.423. The summed E-state index contributed by atoms with van der Waals surface area (Å²) < 4.78 is 53.6. The summed E-state index contributed by atoms with van der Waals surface area (Å²) in [7, 11) is 0. The van der Waals surface area contributed by atoms with Gasteiger partial charge in [0.05, 0.1) is 5.56 Å². The summed E-state index contributed by atoms with van der Waals surface area (Å²) >= 11 is 0. The molecule has 0 saturated heterocycles. The number of phenols is 1. The Balaban J connectivity index is 1.62. The van der Waals surface area contributed by atoms with E-state index in [1.807, 2.05) is 0 Å². The lowest BCUT2D eigenvalue weighted by atomic mass is 10.1. The summed E-state index contributed by atoms with van der Waals surface area (Å²) in [5, 5.41) is 24.4. The van der Waals surface area contributed by atoms with Gasteiger partial charge in [-0.1, -0.05) is 12.1 Å². The van der Waals surface area contributed by atoms with Crippen LogP contribution in [0.1, 0.15) is 17.0 Å². The van der Waals surface area contributed by atoms with Crippen LogP contribution < -0.4 is 5.32 Å². The van der Waals surface area contributed by atoms with Crippen LogP contribution in [0.25, 0.3) is 5.65 Å². The van der Waals surface area contributed by atoms with Crippen molar-refractivity contribution >= 4 is 17.2 Å². The Kier molecular flexibility index (Phi) is 4.53. The van der Waals surface area contributed by atoms with Gasteiger partial charge in [0.2, 0.25) is 0 Å². The van der Waals surface area contributed by atoms with Gasteiger partial charge in [0.1, 0.15) is 0 Å². The summed E-state index contributed by atoms with van der Waals surface area (Å²) in [6.45, 7) is 0. The van der Waals surface area contributed by atoms with Crippen LogP contribution in [0.5, 0.6) is 5.75 Å². The molecule has 0 radical (unpaired) electrons. The van der Waals surface area contributed by atoms with Crippen molar-refractivity contribution in [2.75, 3.05) is 5.32 Å². The number of nitrogens with one attached hydrogen (secondary N) is 1. The van der Waals surface area contributed by atoms with Crippen LogP contribution in [0.2, 0.25) is 0 Å². The Bertz CT molecular complexity index is 1190. The molecule has 0 aliphatic rings. The highest BCUT2D eigenvalue weighted by Crippen LogP contribution is 2.31. The van der Waals surface area contributed by atoms with E-state index in [1.165, 1.54) is 28.8 Å². The lowest BCUT2D eigenvalue weighted by Crippen LogP contribution is -2.06. The van der Waals surface area contributed by atoms with E-state index in [9.17, 15) is 22.7 Å². The zero-order chi connectivity index (χ0) is 20.6. The molecule has 0 amide bonds. The first-order chi connectivity index (χ1) is 13.8. The van der Waals surface area contributed by atoms with Crippen LogP contribution in [0, 0.1) is 5.82 Å². The minimum atomic E-state index is -4.45. The molecule has 2 N–H and O–H groups in total. The number of hydrogen-bond donors (Lipinski definition) is 2. The molecule has 0 aliphatic heterocycles. The number of anilines is 2. The largest absolute Gasteiger partial charge is 0.505 e. The van der Waals surface area contributed by atoms with Crippen molar-refractivity contribution in [2.24, 2.45) is 0 Å². The number of aromatic nitrogens is 4. The minimum Gasteiger partial charge on any atom is -0.505 e. The third kappa shape index (κ3) is 3.96. The van der Waals surface area contributed by atoms with E-state index in [0.29, 0.717) is 17.0 Å². The van der Waals surface area contributed by atoms with Gasteiger partial charge in [-0.3, -0.25) is 0 Å². The van der Waals surface area contributed by atoms with Crippen molar-refractivity contribution in [3.63, 3.8) is 0 Å². The van der Waals surface area contributed by atoms with E-state index >= 15 is 0 Å². The Morgan fingerprint density at radius 3 is 2.59 bits per heavy atom. The van der Waals surface area contributed by atoms with E-state index in [1.54, 1.807) is 18.2 Å². The molecule has 0 fully saturated rings. The van der Waals surface area contributed by atoms with Gasteiger partial charge >= 0.3 is 6.18 Å². The Morgan fingerprint density at radius 2 is 1.83 bits per heavy atom. The van der Waals surface area contributed by atoms with Crippen molar-refractivity contribution in [3.05, 3.63) is 77.4 Å². The SMILES string of the molecule is Oc1ccc(Cc2nnc3ccc(Nc4cccc(C(F)(F)F)c4)nn23)cc1F. The van der Waals surface area contributed by atoms with E-state index in [4.69, 9.17) is 0 Å². The predicted molar refractivity (Wildman–Crippen MR) is 96.4 cm³/mol. The van der Waals surface area contributed by atoms with Gasteiger partial charge < -0.3 is 10.4 Å².